The maximum atomic E-state index is 13.4. The van der Waals surface area contributed by atoms with Crippen molar-refractivity contribution in [3.63, 3.8) is 0 Å². The highest BCUT2D eigenvalue weighted by Gasteiger charge is 2.50. The van der Waals surface area contributed by atoms with Gasteiger partial charge in [0.2, 0.25) is 11.8 Å². The number of hydrogen-bond acceptors (Lipinski definition) is 5. The summed E-state index contributed by atoms with van der Waals surface area (Å²) in [5.74, 6) is -0.413. The normalized spacial score (nSPS) is 22.2. The Balaban J connectivity index is 1.75. The van der Waals surface area contributed by atoms with Crippen molar-refractivity contribution in [3.05, 3.63) is 75.3 Å². The number of rotatable bonds is 9. The minimum absolute atomic E-state index is 0.0890. The molecule has 1 heterocycles. The number of benzene rings is 2. The number of hydrogen-bond donors (Lipinski definition) is 3. The first-order chi connectivity index (χ1) is 17.3. The number of para-hydroxylation sites is 1. The molecule has 9 heteroatoms. The lowest BCUT2D eigenvalue weighted by Gasteiger charge is -2.41. The molecule has 1 aliphatic carbocycles. The van der Waals surface area contributed by atoms with Crippen LogP contribution in [-0.4, -0.2) is 58.3 Å². The van der Waals surface area contributed by atoms with Crippen LogP contribution in [0.1, 0.15) is 43.2 Å². The smallest absolute Gasteiger partial charge is 0.247 e. The number of halogens is 2. The number of ether oxygens (including phenoxy) is 1. The van der Waals surface area contributed by atoms with Crippen LogP contribution in [0.2, 0.25) is 10.0 Å². The first-order valence-electron chi connectivity index (χ1n) is 12.1. The van der Waals surface area contributed by atoms with Gasteiger partial charge in [0.25, 0.3) is 0 Å². The second-order valence-corrected chi connectivity index (χ2v) is 9.87. The Kier molecular flexibility index (Phi) is 8.57. The molecule has 2 aromatic rings. The van der Waals surface area contributed by atoms with Crippen LogP contribution in [0.3, 0.4) is 0 Å². The molecule has 7 nitrogen and oxygen atoms in total. The molecule has 3 N–H and O–H groups in total. The Morgan fingerprint density at radius 3 is 2.64 bits per heavy atom. The number of nitrogens with one attached hydrogen (secondary N) is 1. The Morgan fingerprint density at radius 2 is 1.92 bits per heavy atom. The van der Waals surface area contributed by atoms with E-state index in [4.69, 9.17) is 27.9 Å². The van der Waals surface area contributed by atoms with Crippen molar-refractivity contribution < 1.29 is 24.5 Å². The number of unbranched alkanes of at least 4 members (excludes halogenated alkanes) is 1. The lowest BCUT2D eigenvalue weighted by Crippen LogP contribution is -2.55. The van der Waals surface area contributed by atoms with Gasteiger partial charge in [0.1, 0.15) is 18.0 Å². The van der Waals surface area contributed by atoms with Gasteiger partial charge in [-0.15, -0.1) is 0 Å². The molecule has 0 unspecified atom stereocenters. The third kappa shape index (κ3) is 5.39. The Labute approximate surface area is 220 Å². The average Bonchev–Trinajstić information content (AvgIpc) is 3.27. The third-order valence-corrected chi connectivity index (χ3v) is 7.38. The number of carbonyl (C=O) groups is 2. The van der Waals surface area contributed by atoms with E-state index in [1.807, 2.05) is 25.1 Å². The highest BCUT2D eigenvalue weighted by molar-refractivity contribution is 6.42. The molecule has 1 aliphatic heterocycles. The van der Waals surface area contributed by atoms with E-state index in [9.17, 15) is 19.8 Å². The van der Waals surface area contributed by atoms with Crippen LogP contribution in [-0.2, 0) is 16.1 Å². The van der Waals surface area contributed by atoms with Gasteiger partial charge in [0.15, 0.2) is 0 Å². The molecule has 0 bridgehead atoms. The Morgan fingerprint density at radius 1 is 1.14 bits per heavy atom. The van der Waals surface area contributed by atoms with E-state index in [1.165, 1.54) is 0 Å². The fourth-order valence-electron chi connectivity index (χ4n) is 4.86. The molecule has 4 rings (SSSR count). The lowest BCUT2D eigenvalue weighted by molar-refractivity contribution is -0.138. The van der Waals surface area contributed by atoms with Crippen LogP contribution >= 0.6 is 23.2 Å². The molecule has 0 radical (unpaired) electrons. The molecule has 2 aliphatic rings. The molecule has 192 valence electrons. The standard InChI is InChI=1S/C27H30Cl2N2O5/c1-2-3-8-23(33)31(15-16-9-10-19(28)20(29)13-16)21-14-18(27(35)30-11-12-32)24-17-6-4-5-7-22(17)36-26(24)25(21)34/h4-7,9-10,13-14,21,24-26,32,34H,2-3,8,11-12,15H2,1H3,(H,30,35)/t21-,24+,25+,26+/m1/s1. The second-order valence-electron chi connectivity index (χ2n) is 9.05. The van der Waals surface area contributed by atoms with E-state index < -0.39 is 24.2 Å². The Hall–Kier alpha value is -2.58. The Bertz CT molecular complexity index is 1150. The number of aliphatic hydroxyl groups is 2. The summed E-state index contributed by atoms with van der Waals surface area (Å²) in [5.41, 5.74) is 1.95. The third-order valence-electron chi connectivity index (χ3n) is 6.64. The van der Waals surface area contributed by atoms with Crippen molar-refractivity contribution in [1.29, 1.82) is 0 Å². The van der Waals surface area contributed by atoms with E-state index in [0.29, 0.717) is 34.2 Å². The molecule has 2 amide bonds. The van der Waals surface area contributed by atoms with Crippen molar-refractivity contribution in [3.8, 4) is 5.75 Å². The zero-order valence-electron chi connectivity index (χ0n) is 20.0. The van der Waals surface area contributed by atoms with E-state index in [2.05, 4.69) is 5.32 Å². The summed E-state index contributed by atoms with van der Waals surface area (Å²) < 4.78 is 6.14. The van der Waals surface area contributed by atoms with Crippen molar-refractivity contribution in [2.45, 2.75) is 56.9 Å². The maximum absolute atomic E-state index is 13.4. The molecular formula is C27H30Cl2N2O5. The molecule has 0 fully saturated rings. The fourth-order valence-corrected chi connectivity index (χ4v) is 5.18. The molecule has 2 aromatic carbocycles. The van der Waals surface area contributed by atoms with Crippen molar-refractivity contribution in [2.75, 3.05) is 13.2 Å². The number of fused-ring (bicyclic) bond motifs is 3. The zero-order chi connectivity index (χ0) is 25.8. The number of aliphatic hydroxyl groups excluding tert-OH is 2. The van der Waals surface area contributed by atoms with E-state index >= 15 is 0 Å². The summed E-state index contributed by atoms with van der Waals surface area (Å²) in [7, 11) is 0. The summed E-state index contributed by atoms with van der Waals surface area (Å²) in [5, 5.41) is 24.2. The van der Waals surface area contributed by atoms with Crippen LogP contribution in [0.5, 0.6) is 5.75 Å². The number of amides is 2. The molecule has 0 saturated carbocycles. The highest BCUT2D eigenvalue weighted by Crippen LogP contribution is 2.47. The van der Waals surface area contributed by atoms with Crippen molar-refractivity contribution in [1.82, 2.24) is 10.2 Å². The second kappa shape index (κ2) is 11.6. The van der Waals surface area contributed by atoms with Gasteiger partial charge in [-0.25, -0.2) is 0 Å². The summed E-state index contributed by atoms with van der Waals surface area (Å²) >= 11 is 12.3. The van der Waals surface area contributed by atoms with Crippen molar-refractivity contribution >= 4 is 35.0 Å². The maximum Gasteiger partial charge on any atom is 0.247 e. The minimum atomic E-state index is -1.08. The van der Waals surface area contributed by atoms with Crippen LogP contribution in [0.4, 0.5) is 0 Å². The quantitative estimate of drug-likeness (QED) is 0.455. The highest BCUT2D eigenvalue weighted by atomic mass is 35.5. The van der Waals surface area contributed by atoms with Crippen LogP contribution in [0, 0.1) is 0 Å². The van der Waals surface area contributed by atoms with Crippen LogP contribution < -0.4 is 10.1 Å². The monoisotopic (exact) mass is 532 g/mol. The number of carbonyl (C=O) groups excluding carboxylic acids is 2. The zero-order valence-corrected chi connectivity index (χ0v) is 21.5. The predicted octanol–water partition coefficient (Wildman–Crippen LogP) is 3.84. The summed E-state index contributed by atoms with van der Waals surface area (Å²) in [4.78, 5) is 28.2. The largest absolute Gasteiger partial charge is 0.486 e. The summed E-state index contributed by atoms with van der Waals surface area (Å²) in [6.07, 6.45) is 1.68. The van der Waals surface area contributed by atoms with Gasteiger partial charge in [-0.1, -0.05) is 60.8 Å². The fraction of sp³-hybridized carbons (Fsp3) is 0.407. The number of nitrogens with zero attached hydrogens (tertiary/aromatic N) is 1. The van der Waals surface area contributed by atoms with Gasteiger partial charge >= 0.3 is 0 Å². The van der Waals surface area contributed by atoms with Gasteiger partial charge in [-0.05, 0) is 36.3 Å². The minimum Gasteiger partial charge on any atom is -0.486 e. The predicted molar refractivity (Wildman–Crippen MR) is 138 cm³/mol. The topological polar surface area (TPSA) is 99.1 Å². The van der Waals surface area contributed by atoms with Crippen LogP contribution in [0.15, 0.2) is 54.1 Å². The van der Waals surface area contributed by atoms with E-state index in [0.717, 1.165) is 17.5 Å². The first-order valence-corrected chi connectivity index (χ1v) is 12.9. The SMILES string of the molecule is CCCCC(=O)N(Cc1ccc(Cl)c(Cl)c1)[C@@H]1C=C(C(=O)NCCO)[C@@H]2c3ccccc3O[C@@H]2[C@H]1O. The molecule has 36 heavy (non-hydrogen) atoms. The van der Waals surface area contributed by atoms with Gasteiger partial charge in [-0.2, -0.15) is 0 Å². The summed E-state index contributed by atoms with van der Waals surface area (Å²) in [6.45, 7) is 2.06. The summed E-state index contributed by atoms with van der Waals surface area (Å²) in [6, 6.07) is 11.7. The van der Waals surface area contributed by atoms with Crippen molar-refractivity contribution in [2.24, 2.45) is 0 Å². The van der Waals surface area contributed by atoms with Gasteiger partial charge < -0.3 is 25.2 Å². The van der Waals surface area contributed by atoms with E-state index in [1.54, 1.807) is 35.2 Å². The van der Waals surface area contributed by atoms with Gasteiger partial charge in [0, 0.05) is 30.6 Å². The lowest BCUT2D eigenvalue weighted by atomic mass is 9.77. The molecule has 0 aromatic heterocycles. The molecule has 0 spiro atoms. The van der Waals surface area contributed by atoms with Gasteiger partial charge in [0.05, 0.1) is 28.6 Å². The molecule has 4 atom stereocenters. The van der Waals surface area contributed by atoms with Gasteiger partial charge in [-0.3, -0.25) is 9.59 Å². The van der Waals surface area contributed by atoms with Crippen LogP contribution in [0.25, 0.3) is 0 Å². The van der Waals surface area contributed by atoms with E-state index in [-0.39, 0.29) is 31.5 Å². The molecule has 0 saturated heterocycles. The molecular weight excluding hydrogens is 503 g/mol. The first kappa shape index (κ1) is 26.5. The average molecular weight is 533 g/mol.